The van der Waals surface area contributed by atoms with E-state index in [9.17, 15) is 5.11 Å². The van der Waals surface area contributed by atoms with E-state index in [2.05, 4.69) is 24.3 Å². The van der Waals surface area contributed by atoms with Crippen LogP contribution in [-0.4, -0.2) is 27.0 Å². The van der Waals surface area contributed by atoms with Crippen molar-refractivity contribution in [1.29, 1.82) is 0 Å². The average molecular weight is 225 g/mol. The van der Waals surface area contributed by atoms with Crippen molar-refractivity contribution in [2.75, 3.05) is 0 Å². The largest absolute Gasteiger partial charge is 0.393 e. The summed E-state index contributed by atoms with van der Waals surface area (Å²) in [6.45, 7) is 8.06. The molecule has 0 spiro atoms. The minimum atomic E-state index is -0.260. The average Bonchev–Trinajstić information content (AvgIpc) is 2.43. The molecule has 0 aromatic carbocycles. The molecule has 0 radical (unpaired) electrons. The predicted octanol–water partition coefficient (Wildman–Crippen LogP) is 1.54. The van der Waals surface area contributed by atoms with E-state index >= 15 is 0 Å². The second-order valence-electron chi connectivity index (χ2n) is 4.72. The number of hydrogen-bond donors (Lipinski definition) is 2. The van der Waals surface area contributed by atoms with Crippen LogP contribution < -0.4 is 5.32 Å². The molecule has 0 saturated heterocycles. The lowest BCUT2D eigenvalue weighted by molar-refractivity contribution is 0.168. The molecule has 0 saturated carbocycles. The zero-order valence-corrected chi connectivity index (χ0v) is 10.9. The van der Waals surface area contributed by atoms with Crippen LogP contribution in [0.1, 0.15) is 44.5 Å². The van der Waals surface area contributed by atoms with Gasteiger partial charge in [0.1, 0.15) is 0 Å². The zero-order valence-electron chi connectivity index (χ0n) is 10.9. The highest BCUT2D eigenvalue weighted by atomic mass is 16.3. The fraction of sp³-hybridized carbons (Fsp3) is 0.750. The van der Waals surface area contributed by atoms with E-state index in [0.29, 0.717) is 6.04 Å². The Morgan fingerprint density at radius 3 is 2.50 bits per heavy atom. The number of hydrogen-bond acceptors (Lipinski definition) is 3. The molecule has 1 aromatic heterocycles. The third-order valence-corrected chi connectivity index (χ3v) is 2.75. The molecule has 16 heavy (non-hydrogen) atoms. The summed E-state index contributed by atoms with van der Waals surface area (Å²) in [6.07, 6.45) is 2.55. The molecule has 92 valence electrons. The van der Waals surface area contributed by atoms with E-state index in [1.54, 1.807) is 0 Å². The molecule has 0 bridgehead atoms. The standard InChI is InChI=1S/C12H23N3O/c1-8(6-9(2)16)13-10(3)12-7-15(5)14-11(12)4/h7-10,13,16H,6H2,1-5H3. The molecule has 0 aliphatic rings. The van der Waals surface area contributed by atoms with Crippen molar-refractivity contribution in [1.82, 2.24) is 15.1 Å². The first kappa shape index (κ1) is 13.2. The Labute approximate surface area is 97.7 Å². The van der Waals surface area contributed by atoms with Crippen LogP contribution >= 0.6 is 0 Å². The maximum absolute atomic E-state index is 9.31. The maximum atomic E-state index is 9.31. The maximum Gasteiger partial charge on any atom is 0.0641 e. The smallest absolute Gasteiger partial charge is 0.0641 e. The van der Waals surface area contributed by atoms with Gasteiger partial charge in [-0.15, -0.1) is 0 Å². The first-order chi connectivity index (χ1) is 7.40. The van der Waals surface area contributed by atoms with Crippen molar-refractivity contribution >= 4 is 0 Å². The van der Waals surface area contributed by atoms with Gasteiger partial charge >= 0.3 is 0 Å². The van der Waals surface area contributed by atoms with E-state index in [4.69, 9.17) is 0 Å². The fourth-order valence-corrected chi connectivity index (χ4v) is 2.14. The molecule has 0 aliphatic heterocycles. The summed E-state index contributed by atoms with van der Waals surface area (Å²) in [6, 6.07) is 0.567. The Morgan fingerprint density at radius 1 is 1.44 bits per heavy atom. The van der Waals surface area contributed by atoms with Gasteiger partial charge in [-0.3, -0.25) is 4.68 Å². The van der Waals surface area contributed by atoms with Crippen molar-refractivity contribution in [2.24, 2.45) is 7.05 Å². The Balaban J connectivity index is 2.58. The predicted molar refractivity (Wildman–Crippen MR) is 65.3 cm³/mol. The van der Waals surface area contributed by atoms with Crippen LogP contribution in [-0.2, 0) is 7.05 Å². The highest BCUT2D eigenvalue weighted by Crippen LogP contribution is 2.16. The van der Waals surface area contributed by atoms with Crippen LogP contribution in [0.4, 0.5) is 0 Å². The van der Waals surface area contributed by atoms with Gasteiger partial charge in [0.25, 0.3) is 0 Å². The van der Waals surface area contributed by atoms with Crippen molar-refractivity contribution in [2.45, 2.75) is 52.3 Å². The number of nitrogens with zero attached hydrogens (tertiary/aromatic N) is 2. The molecule has 2 N–H and O–H groups in total. The van der Waals surface area contributed by atoms with Crippen molar-refractivity contribution < 1.29 is 5.11 Å². The lowest BCUT2D eigenvalue weighted by Gasteiger charge is -2.20. The number of rotatable bonds is 5. The molecule has 1 rings (SSSR count). The van der Waals surface area contributed by atoms with Gasteiger partial charge in [0.15, 0.2) is 0 Å². The first-order valence-electron chi connectivity index (χ1n) is 5.84. The molecular formula is C12H23N3O. The summed E-state index contributed by atoms with van der Waals surface area (Å²) < 4.78 is 1.84. The number of aliphatic hydroxyl groups is 1. The number of aryl methyl sites for hydroxylation is 2. The number of aliphatic hydroxyl groups excluding tert-OH is 1. The lowest BCUT2D eigenvalue weighted by Crippen LogP contribution is -2.31. The van der Waals surface area contributed by atoms with Crippen LogP contribution in [0.25, 0.3) is 0 Å². The van der Waals surface area contributed by atoms with Crippen LogP contribution in [0.3, 0.4) is 0 Å². The minimum absolute atomic E-state index is 0.260. The molecular weight excluding hydrogens is 202 g/mol. The Kier molecular flexibility index (Phi) is 4.50. The van der Waals surface area contributed by atoms with E-state index in [-0.39, 0.29) is 12.1 Å². The second kappa shape index (κ2) is 5.46. The number of nitrogens with one attached hydrogen (secondary N) is 1. The first-order valence-corrected chi connectivity index (χ1v) is 5.84. The molecule has 3 unspecified atom stereocenters. The molecule has 4 nitrogen and oxygen atoms in total. The molecule has 1 aromatic rings. The van der Waals surface area contributed by atoms with Gasteiger partial charge in [-0.25, -0.2) is 0 Å². The fourth-order valence-electron chi connectivity index (χ4n) is 2.14. The number of aromatic nitrogens is 2. The third-order valence-electron chi connectivity index (χ3n) is 2.75. The van der Waals surface area contributed by atoms with E-state index in [1.807, 2.05) is 31.8 Å². The highest BCUT2D eigenvalue weighted by molar-refractivity contribution is 5.19. The molecule has 3 atom stereocenters. The monoisotopic (exact) mass is 225 g/mol. The molecule has 0 fully saturated rings. The van der Waals surface area contributed by atoms with Crippen molar-refractivity contribution in [3.63, 3.8) is 0 Å². The van der Waals surface area contributed by atoms with Crippen molar-refractivity contribution in [3.8, 4) is 0 Å². The molecule has 4 heteroatoms. The van der Waals surface area contributed by atoms with Crippen LogP contribution in [0, 0.1) is 6.92 Å². The normalized spacial score (nSPS) is 17.1. The van der Waals surface area contributed by atoms with Crippen LogP contribution in [0.15, 0.2) is 6.20 Å². The van der Waals surface area contributed by atoms with E-state index < -0.39 is 0 Å². The quantitative estimate of drug-likeness (QED) is 0.799. The Bertz CT molecular complexity index is 333. The summed E-state index contributed by atoms with van der Waals surface area (Å²) in [4.78, 5) is 0. The molecule has 1 heterocycles. The van der Waals surface area contributed by atoms with Gasteiger partial charge in [0.05, 0.1) is 11.8 Å². The SMILES string of the molecule is Cc1nn(C)cc1C(C)NC(C)CC(C)O. The summed E-state index contributed by atoms with van der Waals surface area (Å²) in [5, 5.41) is 17.1. The Hall–Kier alpha value is -0.870. The van der Waals surface area contributed by atoms with Gasteiger partial charge in [-0.1, -0.05) is 0 Å². The zero-order chi connectivity index (χ0) is 12.3. The van der Waals surface area contributed by atoms with Gasteiger partial charge in [0.2, 0.25) is 0 Å². The van der Waals surface area contributed by atoms with E-state index in [0.717, 1.165) is 12.1 Å². The molecule has 0 aliphatic carbocycles. The summed E-state index contributed by atoms with van der Waals surface area (Å²) >= 11 is 0. The summed E-state index contributed by atoms with van der Waals surface area (Å²) in [5.41, 5.74) is 2.28. The lowest BCUT2D eigenvalue weighted by atomic mass is 10.1. The third kappa shape index (κ3) is 3.61. The summed E-state index contributed by atoms with van der Waals surface area (Å²) in [5.74, 6) is 0. The van der Waals surface area contributed by atoms with Crippen LogP contribution in [0.2, 0.25) is 0 Å². The van der Waals surface area contributed by atoms with Gasteiger partial charge in [0, 0.05) is 30.9 Å². The topological polar surface area (TPSA) is 50.1 Å². The van der Waals surface area contributed by atoms with Gasteiger partial charge < -0.3 is 10.4 Å². The van der Waals surface area contributed by atoms with E-state index in [1.165, 1.54) is 5.56 Å². The second-order valence-corrected chi connectivity index (χ2v) is 4.72. The van der Waals surface area contributed by atoms with Crippen molar-refractivity contribution in [3.05, 3.63) is 17.5 Å². The van der Waals surface area contributed by atoms with Crippen LogP contribution in [0.5, 0.6) is 0 Å². The Morgan fingerprint density at radius 2 is 2.06 bits per heavy atom. The van der Waals surface area contributed by atoms with Gasteiger partial charge in [-0.05, 0) is 34.1 Å². The highest BCUT2D eigenvalue weighted by Gasteiger charge is 2.14. The molecule has 0 amide bonds. The minimum Gasteiger partial charge on any atom is -0.393 e. The van der Waals surface area contributed by atoms with Gasteiger partial charge in [-0.2, -0.15) is 5.10 Å². The summed E-state index contributed by atoms with van der Waals surface area (Å²) in [7, 11) is 1.93.